The Balaban J connectivity index is 1.92. The second-order valence-corrected chi connectivity index (χ2v) is 6.98. The number of benzene rings is 1. The molecular formula is C22H34N4O3. The van der Waals surface area contributed by atoms with E-state index in [2.05, 4.69) is 41.8 Å². The minimum Gasteiger partial charge on any atom is -0.491 e. The Morgan fingerprint density at radius 3 is 2.69 bits per heavy atom. The molecule has 0 aliphatic carbocycles. The third-order valence-corrected chi connectivity index (χ3v) is 4.60. The molecule has 0 bridgehead atoms. The first-order valence-electron chi connectivity index (χ1n) is 10.2. The lowest BCUT2D eigenvalue weighted by molar-refractivity contribution is 0.145. The normalized spacial score (nSPS) is 11.6. The van der Waals surface area contributed by atoms with Crippen molar-refractivity contribution in [3.63, 3.8) is 0 Å². The summed E-state index contributed by atoms with van der Waals surface area (Å²) in [5.41, 5.74) is 4.39. The van der Waals surface area contributed by atoms with Gasteiger partial charge in [-0.25, -0.2) is 4.99 Å². The van der Waals surface area contributed by atoms with Crippen LogP contribution in [0.25, 0.3) is 0 Å². The highest BCUT2D eigenvalue weighted by Gasteiger charge is 2.09. The van der Waals surface area contributed by atoms with Gasteiger partial charge in [-0.1, -0.05) is 17.3 Å². The van der Waals surface area contributed by atoms with Gasteiger partial charge in [-0.3, -0.25) is 0 Å². The van der Waals surface area contributed by atoms with Crippen LogP contribution in [0.5, 0.6) is 5.75 Å². The summed E-state index contributed by atoms with van der Waals surface area (Å²) in [4.78, 5) is 4.72. The van der Waals surface area contributed by atoms with Crippen LogP contribution in [-0.4, -0.2) is 44.5 Å². The molecule has 0 saturated carbocycles. The quantitative estimate of drug-likeness (QED) is 0.341. The Morgan fingerprint density at radius 2 is 2.00 bits per heavy atom. The summed E-state index contributed by atoms with van der Waals surface area (Å²) in [5, 5.41) is 10.7. The highest BCUT2D eigenvalue weighted by Crippen LogP contribution is 2.21. The number of ether oxygens (including phenoxy) is 2. The standard InChI is InChI=1S/C22H34N4O3/c1-6-23-22(24-11-7-8-20-17(3)26-29-18(20)4)25-15-19-10-9-16(2)14-21(19)28-13-12-27-5/h9-10,14H,6-8,11-13,15H2,1-5H3,(H2,23,24,25). The van der Waals surface area contributed by atoms with E-state index in [4.69, 9.17) is 19.0 Å². The number of aliphatic imine (C=N–C) groups is 1. The van der Waals surface area contributed by atoms with Crippen molar-refractivity contribution < 1.29 is 14.0 Å². The van der Waals surface area contributed by atoms with Gasteiger partial charge in [0.25, 0.3) is 0 Å². The molecule has 29 heavy (non-hydrogen) atoms. The lowest BCUT2D eigenvalue weighted by Gasteiger charge is -2.13. The van der Waals surface area contributed by atoms with Crippen LogP contribution in [0, 0.1) is 20.8 Å². The Kier molecular flexibility index (Phi) is 9.50. The molecule has 0 aliphatic heterocycles. The van der Waals surface area contributed by atoms with Crippen LogP contribution in [0.1, 0.15) is 41.5 Å². The first-order chi connectivity index (χ1) is 14.0. The lowest BCUT2D eigenvalue weighted by Crippen LogP contribution is -2.37. The van der Waals surface area contributed by atoms with Crippen LogP contribution >= 0.6 is 0 Å². The molecule has 7 heteroatoms. The predicted octanol–water partition coefficient (Wildman–Crippen LogP) is 3.31. The Labute approximate surface area is 173 Å². The van der Waals surface area contributed by atoms with E-state index in [0.717, 1.165) is 60.2 Å². The van der Waals surface area contributed by atoms with Crippen molar-refractivity contribution >= 4 is 5.96 Å². The molecule has 1 heterocycles. The van der Waals surface area contributed by atoms with Gasteiger partial charge in [0.2, 0.25) is 0 Å². The molecule has 2 aromatic rings. The summed E-state index contributed by atoms with van der Waals surface area (Å²) in [6, 6.07) is 6.20. The second kappa shape index (κ2) is 12.1. The molecule has 0 saturated heterocycles. The second-order valence-electron chi connectivity index (χ2n) is 6.98. The molecule has 0 radical (unpaired) electrons. The number of aromatic nitrogens is 1. The summed E-state index contributed by atoms with van der Waals surface area (Å²) in [5.74, 6) is 2.57. The largest absolute Gasteiger partial charge is 0.491 e. The van der Waals surface area contributed by atoms with E-state index < -0.39 is 0 Å². The number of hydrogen-bond acceptors (Lipinski definition) is 5. The molecule has 0 atom stereocenters. The van der Waals surface area contributed by atoms with Crippen LogP contribution in [0.15, 0.2) is 27.7 Å². The van der Waals surface area contributed by atoms with E-state index in [1.165, 1.54) is 5.56 Å². The van der Waals surface area contributed by atoms with Crippen LogP contribution < -0.4 is 15.4 Å². The first-order valence-corrected chi connectivity index (χ1v) is 10.2. The van der Waals surface area contributed by atoms with E-state index >= 15 is 0 Å². The Bertz CT molecular complexity index is 767. The highest BCUT2D eigenvalue weighted by molar-refractivity contribution is 5.79. The summed E-state index contributed by atoms with van der Waals surface area (Å²) < 4.78 is 16.2. The minimum absolute atomic E-state index is 0.524. The van der Waals surface area contributed by atoms with Gasteiger partial charge in [0.1, 0.15) is 18.1 Å². The molecule has 1 aromatic carbocycles. The Morgan fingerprint density at radius 1 is 1.17 bits per heavy atom. The minimum atomic E-state index is 0.524. The van der Waals surface area contributed by atoms with Gasteiger partial charge in [0.15, 0.2) is 5.96 Å². The van der Waals surface area contributed by atoms with Gasteiger partial charge in [-0.05, 0) is 52.2 Å². The lowest BCUT2D eigenvalue weighted by atomic mass is 10.1. The molecule has 0 spiro atoms. The molecule has 0 unspecified atom stereocenters. The molecule has 2 N–H and O–H groups in total. The van der Waals surface area contributed by atoms with E-state index in [-0.39, 0.29) is 0 Å². The van der Waals surface area contributed by atoms with Crippen molar-refractivity contribution in [1.82, 2.24) is 15.8 Å². The van der Waals surface area contributed by atoms with Gasteiger partial charge < -0.3 is 24.6 Å². The fraction of sp³-hybridized carbons (Fsp3) is 0.545. The van der Waals surface area contributed by atoms with Gasteiger partial charge in [-0.15, -0.1) is 0 Å². The monoisotopic (exact) mass is 402 g/mol. The van der Waals surface area contributed by atoms with Crippen molar-refractivity contribution in [1.29, 1.82) is 0 Å². The third kappa shape index (κ3) is 7.42. The van der Waals surface area contributed by atoms with Gasteiger partial charge >= 0.3 is 0 Å². The predicted molar refractivity (Wildman–Crippen MR) is 116 cm³/mol. The van der Waals surface area contributed by atoms with E-state index in [9.17, 15) is 0 Å². The molecule has 0 amide bonds. The smallest absolute Gasteiger partial charge is 0.191 e. The van der Waals surface area contributed by atoms with Gasteiger partial charge in [-0.2, -0.15) is 0 Å². The molecule has 1 aromatic heterocycles. The summed E-state index contributed by atoms with van der Waals surface area (Å²) in [6.07, 6.45) is 1.91. The van der Waals surface area contributed by atoms with Crippen molar-refractivity contribution in [2.24, 2.45) is 4.99 Å². The number of rotatable bonds is 11. The number of hydrogen-bond donors (Lipinski definition) is 2. The maximum atomic E-state index is 5.86. The van der Waals surface area contributed by atoms with Crippen molar-refractivity contribution in [3.05, 3.63) is 46.3 Å². The molecular weight excluding hydrogens is 368 g/mol. The summed E-state index contributed by atoms with van der Waals surface area (Å²) >= 11 is 0. The average Bonchev–Trinajstić information content (AvgIpc) is 3.02. The zero-order valence-corrected chi connectivity index (χ0v) is 18.3. The molecule has 0 fully saturated rings. The average molecular weight is 403 g/mol. The van der Waals surface area contributed by atoms with Crippen LogP contribution in [0.3, 0.4) is 0 Å². The maximum absolute atomic E-state index is 5.86. The molecule has 7 nitrogen and oxygen atoms in total. The molecule has 160 valence electrons. The fourth-order valence-electron chi connectivity index (χ4n) is 3.00. The van der Waals surface area contributed by atoms with Crippen LogP contribution in [-0.2, 0) is 17.7 Å². The zero-order valence-electron chi connectivity index (χ0n) is 18.3. The molecule has 0 aliphatic rings. The highest BCUT2D eigenvalue weighted by atomic mass is 16.5. The molecule has 2 rings (SSSR count). The SMILES string of the molecule is CCNC(=NCc1ccc(C)cc1OCCOC)NCCCc1c(C)noc1C. The summed E-state index contributed by atoms with van der Waals surface area (Å²) in [7, 11) is 1.67. The summed E-state index contributed by atoms with van der Waals surface area (Å²) in [6.45, 7) is 11.3. The van der Waals surface area contributed by atoms with Crippen molar-refractivity contribution in [2.45, 2.75) is 47.1 Å². The van der Waals surface area contributed by atoms with E-state index in [1.807, 2.05) is 19.9 Å². The van der Waals surface area contributed by atoms with Gasteiger partial charge in [0, 0.05) is 31.3 Å². The van der Waals surface area contributed by atoms with Crippen LogP contribution in [0.2, 0.25) is 0 Å². The van der Waals surface area contributed by atoms with Gasteiger partial charge in [0.05, 0.1) is 18.8 Å². The van der Waals surface area contributed by atoms with Crippen molar-refractivity contribution in [2.75, 3.05) is 33.4 Å². The fourth-order valence-corrected chi connectivity index (χ4v) is 3.00. The number of methoxy groups -OCH3 is 1. The topological polar surface area (TPSA) is 80.9 Å². The number of nitrogens with zero attached hydrogens (tertiary/aromatic N) is 2. The van der Waals surface area contributed by atoms with E-state index in [1.54, 1.807) is 7.11 Å². The Hall–Kier alpha value is -2.54. The first kappa shape index (κ1) is 22.7. The third-order valence-electron chi connectivity index (χ3n) is 4.60. The van der Waals surface area contributed by atoms with Crippen LogP contribution in [0.4, 0.5) is 0 Å². The number of guanidine groups is 1. The number of nitrogens with one attached hydrogen (secondary N) is 2. The number of aryl methyl sites for hydroxylation is 3. The zero-order chi connectivity index (χ0) is 21.1. The maximum Gasteiger partial charge on any atom is 0.191 e. The van der Waals surface area contributed by atoms with E-state index in [0.29, 0.717) is 19.8 Å². The van der Waals surface area contributed by atoms with Crippen molar-refractivity contribution in [3.8, 4) is 5.75 Å².